The fourth-order valence-electron chi connectivity index (χ4n) is 2.29. The predicted octanol–water partition coefficient (Wildman–Crippen LogP) is 3.58. The van der Waals surface area contributed by atoms with Crippen molar-refractivity contribution in [2.75, 3.05) is 13.7 Å². The Morgan fingerprint density at radius 1 is 1.12 bits per heavy atom. The number of amides is 1. The molecule has 0 heterocycles. The molecule has 0 bridgehead atoms. The van der Waals surface area contributed by atoms with Crippen LogP contribution >= 0.6 is 0 Å². The minimum atomic E-state index is -0.768. The lowest BCUT2D eigenvalue weighted by Crippen LogP contribution is -2.44. The van der Waals surface area contributed by atoms with Crippen LogP contribution in [0.3, 0.4) is 0 Å². The molecule has 1 amide bonds. The van der Waals surface area contributed by atoms with Gasteiger partial charge in [-0.25, -0.2) is 4.39 Å². The molecule has 2 atom stereocenters. The summed E-state index contributed by atoms with van der Waals surface area (Å²) < 4.78 is 29.9. The van der Waals surface area contributed by atoms with Crippen LogP contribution in [0, 0.1) is 5.82 Å². The van der Waals surface area contributed by atoms with Gasteiger partial charge in [0.25, 0.3) is 5.91 Å². The molecule has 26 heavy (non-hydrogen) atoms. The van der Waals surface area contributed by atoms with Crippen molar-refractivity contribution in [1.82, 2.24) is 5.32 Å². The topological polar surface area (TPSA) is 56.8 Å². The van der Waals surface area contributed by atoms with Crippen LogP contribution < -0.4 is 19.5 Å². The molecule has 0 aromatic heterocycles. The molecule has 5 nitrogen and oxygen atoms in total. The first-order valence-electron chi connectivity index (χ1n) is 8.52. The molecule has 0 saturated carbocycles. The van der Waals surface area contributed by atoms with Gasteiger partial charge in [-0.1, -0.05) is 19.1 Å². The molecule has 6 heteroatoms. The van der Waals surface area contributed by atoms with Crippen molar-refractivity contribution < 1.29 is 23.4 Å². The first-order valence-corrected chi connectivity index (χ1v) is 8.52. The van der Waals surface area contributed by atoms with Gasteiger partial charge in [-0.05, 0) is 49.7 Å². The highest BCUT2D eigenvalue weighted by Crippen LogP contribution is 2.19. The van der Waals surface area contributed by atoms with E-state index in [2.05, 4.69) is 5.32 Å². The third kappa shape index (κ3) is 5.65. The van der Waals surface area contributed by atoms with Gasteiger partial charge in [-0.15, -0.1) is 0 Å². The van der Waals surface area contributed by atoms with E-state index in [0.29, 0.717) is 18.8 Å². The molecule has 0 saturated heterocycles. The maximum Gasteiger partial charge on any atom is 0.261 e. The number of hydrogen-bond acceptors (Lipinski definition) is 4. The predicted molar refractivity (Wildman–Crippen MR) is 97.2 cm³/mol. The van der Waals surface area contributed by atoms with E-state index in [1.165, 1.54) is 12.1 Å². The fourth-order valence-corrected chi connectivity index (χ4v) is 2.29. The maximum atomic E-state index is 13.7. The molecule has 0 aliphatic heterocycles. The number of hydrogen-bond donors (Lipinski definition) is 1. The summed E-state index contributed by atoms with van der Waals surface area (Å²) in [5.41, 5.74) is 0. The molecular weight excluding hydrogens is 337 g/mol. The Labute approximate surface area is 153 Å². The molecule has 2 rings (SSSR count). The van der Waals surface area contributed by atoms with Gasteiger partial charge in [0.1, 0.15) is 18.1 Å². The van der Waals surface area contributed by atoms with E-state index in [1.807, 2.05) is 13.8 Å². The van der Waals surface area contributed by atoms with Gasteiger partial charge < -0.3 is 19.5 Å². The molecule has 0 spiro atoms. The van der Waals surface area contributed by atoms with E-state index >= 15 is 0 Å². The second-order valence-corrected chi connectivity index (χ2v) is 5.84. The van der Waals surface area contributed by atoms with Gasteiger partial charge in [-0.2, -0.15) is 0 Å². The lowest BCUT2D eigenvalue weighted by Gasteiger charge is -2.21. The highest BCUT2D eigenvalue weighted by Gasteiger charge is 2.21. The first kappa shape index (κ1) is 19.6. The van der Waals surface area contributed by atoms with Gasteiger partial charge in [0.05, 0.1) is 13.2 Å². The number of carbonyl (C=O) groups excluding carboxylic acids is 1. The molecule has 140 valence electrons. The number of carbonyl (C=O) groups is 1. The molecule has 0 aliphatic carbocycles. The summed E-state index contributed by atoms with van der Waals surface area (Å²) in [7, 11) is 1.60. The van der Waals surface area contributed by atoms with Crippen LogP contribution in [0.5, 0.6) is 17.2 Å². The minimum absolute atomic E-state index is 0.0663. The van der Waals surface area contributed by atoms with Crippen molar-refractivity contribution in [1.29, 1.82) is 0 Å². The van der Waals surface area contributed by atoms with E-state index < -0.39 is 11.9 Å². The smallest absolute Gasteiger partial charge is 0.261 e. The number of nitrogens with one attached hydrogen (secondary N) is 1. The number of ether oxygens (including phenoxy) is 3. The van der Waals surface area contributed by atoms with Gasteiger partial charge >= 0.3 is 0 Å². The Balaban J connectivity index is 1.84. The monoisotopic (exact) mass is 361 g/mol. The van der Waals surface area contributed by atoms with Crippen LogP contribution in [0.4, 0.5) is 4.39 Å². The molecule has 0 radical (unpaired) electrons. The lowest BCUT2D eigenvalue weighted by molar-refractivity contribution is -0.129. The Morgan fingerprint density at radius 3 is 2.38 bits per heavy atom. The molecule has 0 aliphatic rings. The average molecular weight is 361 g/mol. The summed E-state index contributed by atoms with van der Waals surface area (Å²) in [6, 6.07) is 13.0. The molecule has 2 aromatic rings. The van der Waals surface area contributed by atoms with Crippen molar-refractivity contribution in [3.8, 4) is 17.2 Å². The summed E-state index contributed by atoms with van der Waals surface area (Å²) in [5.74, 6) is 0.698. The SMILES string of the molecule is CC[C@H](Oc1ccccc1F)C(=O)N[C@@H](C)COc1ccc(OC)cc1. The van der Waals surface area contributed by atoms with Crippen LogP contribution in [-0.2, 0) is 4.79 Å². The largest absolute Gasteiger partial charge is 0.497 e. The van der Waals surface area contributed by atoms with Crippen molar-refractivity contribution in [2.45, 2.75) is 32.4 Å². The second kappa shape index (κ2) is 9.65. The van der Waals surface area contributed by atoms with Crippen LogP contribution in [-0.4, -0.2) is 31.8 Å². The van der Waals surface area contributed by atoms with Crippen LogP contribution in [0.2, 0.25) is 0 Å². The molecular formula is C20H24FNO4. The van der Waals surface area contributed by atoms with Crippen molar-refractivity contribution in [3.63, 3.8) is 0 Å². The van der Waals surface area contributed by atoms with Crippen molar-refractivity contribution in [2.24, 2.45) is 0 Å². The summed E-state index contributed by atoms with van der Waals surface area (Å²) in [6.07, 6.45) is -0.345. The van der Waals surface area contributed by atoms with E-state index in [1.54, 1.807) is 43.5 Å². The van der Waals surface area contributed by atoms with Crippen molar-refractivity contribution >= 4 is 5.91 Å². The second-order valence-electron chi connectivity index (χ2n) is 5.84. The zero-order chi connectivity index (χ0) is 18.9. The van der Waals surface area contributed by atoms with Crippen LogP contribution in [0.25, 0.3) is 0 Å². The molecule has 0 unspecified atom stereocenters. The normalized spacial score (nSPS) is 12.8. The van der Waals surface area contributed by atoms with E-state index in [-0.39, 0.29) is 17.7 Å². The standard InChI is InChI=1S/C20H24FNO4/c1-4-18(26-19-8-6-5-7-17(19)21)20(23)22-14(2)13-25-16-11-9-15(24-3)10-12-16/h5-12,14,18H,4,13H2,1-3H3,(H,22,23)/t14-,18-/m0/s1. The Bertz CT molecular complexity index is 705. The number of para-hydroxylation sites is 1. The quantitative estimate of drug-likeness (QED) is 0.742. The van der Waals surface area contributed by atoms with Gasteiger partial charge in [0, 0.05) is 0 Å². The summed E-state index contributed by atoms with van der Waals surface area (Å²) in [5, 5.41) is 2.83. The maximum absolute atomic E-state index is 13.7. The van der Waals surface area contributed by atoms with Crippen molar-refractivity contribution in [3.05, 3.63) is 54.3 Å². The van der Waals surface area contributed by atoms with Gasteiger partial charge in [0.2, 0.25) is 0 Å². The summed E-state index contributed by atoms with van der Waals surface area (Å²) in [4.78, 5) is 12.4. The number of halogens is 1. The highest BCUT2D eigenvalue weighted by atomic mass is 19.1. The third-order valence-corrected chi connectivity index (χ3v) is 3.72. The minimum Gasteiger partial charge on any atom is -0.497 e. The summed E-state index contributed by atoms with van der Waals surface area (Å²) >= 11 is 0. The van der Waals surface area contributed by atoms with E-state index in [4.69, 9.17) is 14.2 Å². The fraction of sp³-hybridized carbons (Fsp3) is 0.350. The van der Waals surface area contributed by atoms with Gasteiger partial charge in [-0.3, -0.25) is 4.79 Å². The van der Waals surface area contributed by atoms with Crippen LogP contribution in [0.1, 0.15) is 20.3 Å². The summed E-state index contributed by atoms with van der Waals surface area (Å²) in [6.45, 7) is 3.94. The molecule has 0 fully saturated rings. The lowest BCUT2D eigenvalue weighted by atomic mass is 10.2. The molecule has 2 aromatic carbocycles. The first-order chi connectivity index (χ1) is 12.5. The third-order valence-electron chi connectivity index (χ3n) is 3.72. The zero-order valence-electron chi connectivity index (χ0n) is 15.2. The van der Waals surface area contributed by atoms with Gasteiger partial charge in [0.15, 0.2) is 17.7 Å². The molecule has 1 N–H and O–H groups in total. The Kier molecular flexibility index (Phi) is 7.26. The number of benzene rings is 2. The van der Waals surface area contributed by atoms with Crippen LogP contribution in [0.15, 0.2) is 48.5 Å². The average Bonchev–Trinajstić information content (AvgIpc) is 2.66. The van der Waals surface area contributed by atoms with E-state index in [9.17, 15) is 9.18 Å². The number of rotatable bonds is 9. The van der Waals surface area contributed by atoms with E-state index in [0.717, 1.165) is 5.75 Å². The Hall–Kier alpha value is -2.76. The Morgan fingerprint density at radius 2 is 1.77 bits per heavy atom. The zero-order valence-corrected chi connectivity index (χ0v) is 15.2. The number of methoxy groups -OCH3 is 1. The highest BCUT2D eigenvalue weighted by molar-refractivity contribution is 5.81.